The number of benzene rings is 1. The maximum atomic E-state index is 6.28. The molecule has 0 radical (unpaired) electrons. The molecule has 0 spiro atoms. The monoisotopic (exact) mass is 380 g/mol. The molecule has 1 aromatic rings. The maximum Gasteiger partial charge on any atom is 0.126 e. The van der Waals surface area contributed by atoms with Gasteiger partial charge in [0.05, 0.1) is 6.61 Å². The van der Waals surface area contributed by atoms with Crippen molar-refractivity contribution in [2.24, 2.45) is 0 Å². The summed E-state index contributed by atoms with van der Waals surface area (Å²) in [4.78, 5) is 0. The highest BCUT2D eigenvalue weighted by Gasteiger charge is 2.37. The van der Waals surface area contributed by atoms with Gasteiger partial charge in [0.15, 0.2) is 0 Å². The van der Waals surface area contributed by atoms with Crippen LogP contribution >= 0.6 is 0 Å². The van der Waals surface area contributed by atoms with Crippen molar-refractivity contribution in [1.82, 2.24) is 0 Å². The van der Waals surface area contributed by atoms with Crippen LogP contribution in [0, 0.1) is 0 Å². The Hall–Kier alpha value is -1.76. The summed E-state index contributed by atoms with van der Waals surface area (Å²) in [5.74, 6) is 1.04. The van der Waals surface area contributed by atoms with Crippen LogP contribution in [0.25, 0.3) is 6.08 Å². The third-order valence-electron chi connectivity index (χ3n) is 6.19. The van der Waals surface area contributed by atoms with E-state index in [2.05, 4.69) is 91.0 Å². The van der Waals surface area contributed by atoms with Gasteiger partial charge >= 0.3 is 0 Å². The molecule has 0 saturated carbocycles. The number of hydrogen-bond donors (Lipinski definition) is 0. The van der Waals surface area contributed by atoms with Gasteiger partial charge in [-0.3, -0.25) is 0 Å². The van der Waals surface area contributed by atoms with E-state index in [0.717, 1.165) is 18.8 Å². The van der Waals surface area contributed by atoms with Crippen molar-refractivity contribution < 1.29 is 4.74 Å². The number of unbranched alkanes of at least 4 members (excludes halogenated alkanes) is 2. The Balaban J connectivity index is 2.42. The topological polar surface area (TPSA) is 9.23 Å². The van der Waals surface area contributed by atoms with Crippen LogP contribution in [-0.2, 0) is 10.8 Å². The number of allylic oxidation sites excluding steroid dienone is 5. The van der Waals surface area contributed by atoms with E-state index >= 15 is 0 Å². The van der Waals surface area contributed by atoms with Crippen molar-refractivity contribution in [3.8, 4) is 5.75 Å². The van der Waals surface area contributed by atoms with E-state index in [-0.39, 0.29) is 10.8 Å². The zero-order valence-corrected chi connectivity index (χ0v) is 19.2. The highest BCUT2D eigenvalue weighted by atomic mass is 16.5. The summed E-state index contributed by atoms with van der Waals surface area (Å²) < 4.78 is 6.28. The van der Waals surface area contributed by atoms with Gasteiger partial charge in [0, 0.05) is 5.56 Å². The highest BCUT2D eigenvalue weighted by molar-refractivity contribution is 5.63. The van der Waals surface area contributed by atoms with E-state index in [1.807, 2.05) is 0 Å². The van der Waals surface area contributed by atoms with E-state index in [9.17, 15) is 0 Å². The molecule has 0 heterocycles. The van der Waals surface area contributed by atoms with Crippen LogP contribution in [0.2, 0.25) is 0 Å². The molecule has 28 heavy (non-hydrogen) atoms. The van der Waals surface area contributed by atoms with Crippen LogP contribution in [-0.4, -0.2) is 6.61 Å². The van der Waals surface area contributed by atoms with Crippen molar-refractivity contribution in [2.75, 3.05) is 6.61 Å². The summed E-state index contributed by atoms with van der Waals surface area (Å²) in [5, 5.41) is 0. The van der Waals surface area contributed by atoms with Crippen LogP contribution in [0.1, 0.15) is 97.3 Å². The molecule has 2 rings (SSSR count). The van der Waals surface area contributed by atoms with Crippen LogP contribution in [0.15, 0.2) is 42.0 Å². The molecule has 1 aliphatic rings. The van der Waals surface area contributed by atoms with Gasteiger partial charge in [0.25, 0.3) is 0 Å². The second kappa shape index (κ2) is 9.63. The summed E-state index contributed by atoms with van der Waals surface area (Å²) >= 11 is 0. The van der Waals surface area contributed by atoms with E-state index in [4.69, 9.17) is 4.74 Å². The minimum Gasteiger partial charge on any atom is -0.493 e. The van der Waals surface area contributed by atoms with E-state index in [0.29, 0.717) is 0 Å². The lowest BCUT2D eigenvalue weighted by Crippen LogP contribution is -2.34. The van der Waals surface area contributed by atoms with E-state index in [1.54, 1.807) is 0 Å². The zero-order chi connectivity index (χ0) is 20.8. The van der Waals surface area contributed by atoms with Crippen molar-refractivity contribution in [1.29, 1.82) is 0 Å². The van der Waals surface area contributed by atoms with E-state index in [1.165, 1.54) is 47.9 Å². The molecule has 1 aliphatic carbocycles. The first kappa shape index (κ1) is 22.5. The Labute approximate surface area is 173 Å². The minimum absolute atomic E-state index is 0.206. The number of rotatable bonds is 8. The molecular formula is C27H40O. The fourth-order valence-electron chi connectivity index (χ4n) is 3.86. The summed E-state index contributed by atoms with van der Waals surface area (Å²) in [6.45, 7) is 16.7. The van der Waals surface area contributed by atoms with Crippen LogP contribution < -0.4 is 4.74 Å². The number of hydrogen-bond acceptors (Lipinski definition) is 1. The Morgan fingerprint density at radius 2 is 1.64 bits per heavy atom. The lowest BCUT2D eigenvalue weighted by Gasteiger charge is -2.42. The minimum atomic E-state index is 0.206. The van der Waals surface area contributed by atoms with E-state index < -0.39 is 0 Å². The van der Waals surface area contributed by atoms with Crippen molar-refractivity contribution in [3.05, 3.63) is 58.7 Å². The fraction of sp³-hybridized carbons (Fsp3) is 0.556. The van der Waals surface area contributed by atoms with Crippen LogP contribution in [0.5, 0.6) is 5.75 Å². The molecular weight excluding hydrogens is 340 g/mol. The first-order chi connectivity index (χ1) is 13.2. The molecule has 1 aromatic carbocycles. The van der Waals surface area contributed by atoms with Gasteiger partial charge in [0.2, 0.25) is 0 Å². The highest BCUT2D eigenvalue weighted by Crippen LogP contribution is 2.47. The SMILES string of the molecule is C\C=C(C)/C=C/C=C/c1cc2c(cc1OCCCCC)C(C)(C)CCC2(C)C. The number of ether oxygens (including phenoxy) is 1. The molecule has 0 aliphatic heterocycles. The Bertz CT molecular complexity index is 744. The third-order valence-corrected chi connectivity index (χ3v) is 6.19. The van der Waals surface area contributed by atoms with Crippen molar-refractivity contribution in [3.63, 3.8) is 0 Å². The Morgan fingerprint density at radius 1 is 1.00 bits per heavy atom. The number of fused-ring (bicyclic) bond motifs is 1. The molecule has 0 unspecified atom stereocenters. The van der Waals surface area contributed by atoms with Crippen molar-refractivity contribution in [2.45, 2.75) is 91.4 Å². The predicted octanol–water partition coefficient (Wildman–Crippen LogP) is 8.14. The average Bonchev–Trinajstić information content (AvgIpc) is 2.66. The molecule has 1 heteroatoms. The van der Waals surface area contributed by atoms with Gasteiger partial charge in [-0.05, 0) is 67.2 Å². The molecule has 0 amide bonds. The van der Waals surface area contributed by atoms with Crippen LogP contribution in [0.4, 0.5) is 0 Å². The van der Waals surface area contributed by atoms with Gasteiger partial charge in [0.1, 0.15) is 5.75 Å². The van der Waals surface area contributed by atoms with Crippen molar-refractivity contribution >= 4 is 6.08 Å². The first-order valence-electron chi connectivity index (χ1n) is 11.0. The summed E-state index contributed by atoms with van der Waals surface area (Å²) in [7, 11) is 0. The lowest BCUT2D eigenvalue weighted by molar-refractivity contribution is 0.298. The van der Waals surface area contributed by atoms with Gasteiger partial charge in [-0.2, -0.15) is 0 Å². The molecule has 0 aromatic heterocycles. The Morgan fingerprint density at radius 3 is 2.25 bits per heavy atom. The molecule has 154 valence electrons. The summed E-state index contributed by atoms with van der Waals surface area (Å²) in [6.07, 6.45) is 16.7. The predicted molar refractivity (Wildman–Crippen MR) is 124 cm³/mol. The largest absolute Gasteiger partial charge is 0.493 e. The van der Waals surface area contributed by atoms with Gasteiger partial charge < -0.3 is 4.74 Å². The molecule has 0 atom stereocenters. The average molecular weight is 381 g/mol. The molecule has 0 N–H and O–H groups in total. The smallest absolute Gasteiger partial charge is 0.126 e. The molecule has 0 saturated heterocycles. The lowest BCUT2D eigenvalue weighted by atomic mass is 9.63. The molecule has 0 fully saturated rings. The Kier molecular flexibility index (Phi) is 7.75. The summed E-state index contributed by atoms with van der Waals surface area (Å²) in [5.41, 5.74) is 5.84. The summed E-state index contributed by atoms with van der Waals surface area (Å²) in [6, 6.07) is 4.72. The van der Waals surface area contributed by atoms with Gasteiger partial charge in [-0.25, -0.2) is 0 Å². The quantitative estimate of drug-likeness (QED) is 0.326. The normalized spacial score (nSPS) is 18.6. The molecule has 1 nitrogen and oxygen atoms in total. The first-order valence-corrected chi connectivity index (χ1v) is 11.0. The standard InChI is InChI=1S/C27H40O/c1-8-10-13-18-28-25-20-24-23(26(4,5)16-17-27(24,6)7)19-22(25)15-12-11-14-21(3)9-2/h9,11-12,14-15,19-20H,8,10,13,16-18H2,1-7H3/b14-11+,15-12+,21-9-. The third kappa shape index (κ3) is 5.63. The second-order valence-electron chi connectivity index (χ2n) is 9.51. The van der Waals surface area contributed by atoms with Crippen LogP contribution in [0.3, 0.4) is 0 Å². The molecule has 0 bridgehead atoms. The zero-order valence-electron chi connectivity index (χ0n) is 19.2. The fourth-order valence-corrected chi connectivity index (χ4v) is 3.86. The van der Waals surface area contributed by atoms with Gasteiger partial charge in [-0.1, -0.05) is 83.4 Å². The van der Waals surface area contributed by atoms with Gasteiger partial charge in [-0.15, -0.1) is 0 Å². The second-order valence-corrected chi connectivity index (χ2v) is 9.51. The maximum absolute atomic E-state index is 6.28.